The Hall–Kier alpha value is -3.30. The molecule has 0 fully saturated rings. The van der Waals surface area contributed by atoms with E-state index in [-0.39, 0.29) is 13.2 Å². The highest BCUT2D eigenvalue weighted by Gasteiger charge is 2.12. The summed E-state index contributed by atoms with van der Waals surface area (Å²) in [6.07, 6.45) is -1.10. The maximum Gasteiger partial charge on any atom is 0.119 e. The molecule has 4 N–H and O–H groups in total. The van der Waals surface area contributed by atoms with E-state index in [1.165, 1.54) is 0 Å². The van der Waals surface area contributed by atoms with Crippen molar-refractivity contribution in [3.8, 4) is 11.5 Å². The predicted molar refractivity (Wildman–Crippen MR) is 175 cm³/mol. The van der Waals surface area contributed by atoms with Gasteiger partial charge in [0.1, 0.15) is 24.7 Å². The topological polar surface area (TPSA) is 83.0 Å². The summed E-state index contributed by atoms with van der Waals surface area (Å²) in [5, 5.41) is 27.7. The normalized spacial score (nSPS) is 13.1. The number of hydrogen-bond donors (Lipinski definition) is 4. The van der Waals surface area contributed by atoms with Gasteiger partial charge >= 0.3 is 0 Å². The standard InChI is InChI=1S/C33H38N2O4S2/c1-25(41-24-31(37)21-39-33-18-14-29(15-19-33)35-27-10-6-3-7-11-27)22-40-23-30(36)20-38-32-16-12-28(13-17-32)34-26-8-4-2-5-9-26/h2-19,25,30-31,34-37H,20-24H2,1H3. The van der Waals surface area contributed by atoms with Crippen LogP contribution in [0.4, 0.5) is 22.7 Å². The van der Waals surface area contributed by atoms with Gasteiger partial charge in [-0.3, -0.25) is 0 Å². The minimum Gasteiger partial charge on any atom is -0.491 e. The summed E-state index contributed by atoms with van der Waals surface area (Å²) in [5.74, 6) is 3.53. The van der Waals surface area contributed by atoms with Crippen LogP contribution >= 0.6 is 23.5 Å². The number of ether oxygens (including phenoxy) is 2. The minimum atomic E-state index is -0.553. The number of anilines is 4. The quantitative estimate of drug-likeness (QED) is 0.103. The first-order chi connectivity index (χ1) is 20.0. The van der Waals surface area contributed by atoms with Crippen molar-refractivity contribution >= 4 is 46.3 Å². The van der Waals surface area contributed by atoms with Gasteiger partial charge in [-0.15, -0.1) is 0 Å². The van der Waals surface area contributed by atoms with E-state index in [9.17, 15) is 10.2 Å². The van der Waals surface area contributed by atoms with Crippen LogP contribution in [0, 0.1) is 0 Å². The molecule has 0 amide bonds. The van der Waals surface area contributed by atoms with Crippen LogP contribution in [0.15, 0.2) is 109 Å². The predicted octanol–water partition coefficient (Wildman–Crippen LogP) is 7.21. The summed E-state index contributed by atoms with van der Waals surface area (Å²) >= 11 is 3.40. The molecule has 0 heterocycles. The molecule has 6 nitrogen and oxygen atoms in total. The number of hydrogen-bond acceptors (Lipinski definition) is 8. The highest BCUT2D eigenvalue weighted by molar-refractivity contribution is 8.03. The summed E-state index contributed by atoms with van der Waals surface area (Å²) in [7, 11) is 0. The van der Waals surface area contributed by atoms with Crippen LogP contribution < -0.4 is 20.1 Å². The SMILES string of the molecule is CC(CSCC(O)COc1ccc(Nc2ccccc2)cc1)SCC(O)COc1ccc(Nc2ccccc2)cc1. The van der Waals surface area contributed by atoms with Gasteiger partial charge < -0.3 is 30.3 Å². The van der Waals surface area contributed by atoms with Crippen LogP contribution in [0.25, 0.3) is 0 Å². The Bertz CT molecular complexity index is 1260. The molecule has 0 aliphatic rings. The molecule has 8 heteroatoms. The van der Waals surface area contributed by atoms with E-state index in [2.05, 4.69) is 17.6 Å². The van der Waals surface area contributed by atoms with Crippen LogP contribution in [-0.2, 0) is 0 Å². The Morgan fingerprint density at radius 2 is 0.976 bits per heavy atom. The molecule has 216 valence electrons. The first kappa shape index (κ1) is 30.7. The van der Waals surface area contributed by atoms with Gasteiger partial charge in [0, 0.05) is 45.3 Å². The summed E-state index contributed by atoms with van der Waals surface area (Å²) in [4.78, 5) is 0. The summed E-state index contributed by atoms with van der Waals surface area (Å²) in [5.41, 5.74) is 4.02. The van der Waals surface area contributed by atoms with E-state index < -0.39 is 12.2 Å². The van der Waals surface area contributed by atoms with Crippen LogP contribution in [0.2, 0.25) is 0 Å². The molecule has 0 spiro atoms. The van der Waals surface area contributed by atoms with Crippen LogP contribution in [0.1, 0.15) is 6.92 Å². The van der Waals surface area contributed by atoms with Crippen molar-refractivity contribution in [2.24, 2.45) is 0 Å². The average molecular weight is 591 g/mol. The molecule has 4 aromatic carbocycles. The van der Waals surface area contributed by atoms with Crippen LogP contribution in [-0.4, -0.2) is 58.1 Å². The second kappa shape index (κ2) is 16.8. The maximum atomic E-state index is 10.4. The number of rotatable bonds is 17. The van der Waals surface area contributed by atoms with Gasteiger partial charge in [0.2, 0.25) is 0 Å². The lowest BCUT2D eigenvalue weighted by molar-refractivity contribution is 0.126. The lowest BCUT2D eigenvalue weighted by Gasteiger charge is -2.17. The molecule has 0 aromatic heterocycles. The van der Waals surface area contributed by atoms with E-state index in [1.54, 1.807) is 23.5 Å². The van der Waals surface area contributed by atoms with E-state index in [1.807, 2.05) is 109 Å². The Morgan fingerprint density at radius 1 is 0.561 bits per heavy atom. The molecule has 4 aromatic rings. The fourth-order valence-corrected chi connectivity index (χ4v) is 5.98. The number of nitrogens with one attached hydrogen (secondary N) is 2. The third-order valence-corrected chi connectivity index (χ3v) is 8.83. The first-order valence-corrected chi connectivity index (χ1v) is 15.9. The highest BCUT2D eigenvalue weighted by atomic mass is 32.2. The molecular formula is C33H38N2O4S2. The smallest absolute Gasteiger partial charge is 0.119 e. The van der Waals surface area contributed by atoms with Crippen molar-refractivity contribution in [3.63, 3.8) is 0 Å². The lowest BCUT2D eigenvalue weighted by atomic mass is 10.2. The van der Waals surface area contributed by atoms with Crippen molar-refractivity contribution in [1.29, 1.82) is 0 Å². The van der Waals surface area contributed by atoms with E-state index >= 15 is 0 Å². The monoisotopic (exact) mass is 590 g/mol. The van der Waals surface area contributed by atoms with Crippen LogP contribution in [0.5, 0.6) is 11.5 Å². The number of para-hydroxylation sites is 2. The van der Waals surface area contributed by atoms with Gasteiger partial charge in [0.05, 0.1) is 12.2 Å². The van der Waals surface area contributed by atoms with E-state index in [0.29, 0.717) is 16.8 Å². The zero-order chi connectivity index (χ0) is 28.7. The first-order valence-electron chi connectivity index (χ1n) is 13.7. The van der Waals surface area contributed by atoms with Crippen molar-refractivity contribution in [1.82, 2.24) is 0 Å². The van der Waals surface area contributed by atoms with E-state index in [4.69, 9.17) is 9.47 Å². The summed E-state index contributed by atoms with van der Waals surface area (Å²) < 4.78 is 11.5. The Kier molecular flexibility index (Phi) is 12.6. The third kappa shape index (κ3) is 11.6. The number of aliphatic hydroxyl groups excluding tert-OH is 2. The maximum absolute atomic E-state index is 10.4. The zero-order valence-electron chi connectivity index (χ0n) is 23.2. The largest absolute Gasteiger partial charge is 0.491 e. The van der Waals surface area contributed by atoms with Gasteiger partial charge in [0.15, 0.2) is 0 Å². The van der Waals surface area contributed by atoms with Gasteiger partial charge in [-0.25, -0.2) is 0 Å². The van der Waals surface area contributed by atoms with Crippen molar-refractivity contribution in [2.45, 2.75) is 24.4 Å². The average Bonchev–Trinajstić information content (AvgIpc) is 3.00. The molecule has 0 radical (unpaired) electrons. The van der Waals surface area contributed by atoms with Crippen molar-refractivity contribution < 1.29 is 19.7 Å². The Labute approximate surface area is 251 Å². The molecular weight excluding hydrogens is 553 g/mol. The van der Waals surface area contributed by atoms with Gasteiger partial charge in [-0.2, -0.15) is 23.5 Å². The fraction of sp³-hybridized carbons (Fsp3) is 0.273. The molecule has 0 bridgehead atoms. The Morgan fingerprint density at radius 3 is 1.44 bits per heavy atom. The zero-order valence-corrected chi connectivity index (χ0v) is 24.8. The van der Waals surface area contributed by atoms with Gasteiger partial charge in [-0.1, -0.05) is 43.3 Å². The van der Waals surface area contributed by atoms with Crippen molar-refractivity contribution in [2.75, 3.05) is 41.1 Å². The highest BCUT2D eigenvalue weighted by Crippen LogP contribution is 2.23. The number of aliphatic hydroxyl groups is 2. The molecule has 3 unspecified atom stereocenters. The summed E-state index contributed by atoms with van der Waals surface area (Å²) in [6, 6.07) is 35.4. The van der Waals surface area contributed by atoms with Crippen LogP contribution in [0.3, 0.4) is 0 Å². The molecule has 41 heavy (non-hydrogen) atoms. The lowest BCUT2D eigenvalue weighted by Crippen LogP contribution is -2.22. The number of thioether (sulfide) groups is 2. The third-order valence-electron chi connectivity index (χ3n) is 5.95. The van der Waals surface area contributed by atoms with Crippen molar-refractivity contribution in [3.05, 3.63) is 109 Å². The molecule has 4 rings (SSSR count). The van der Waals surface area contributed by atoms with Gasteiger partial charge in [-0.05, 0) is 72.8 Å². The summed E-state index contributed by atoms with van der Waals surface area (Å²) in [6.45, 7) is 2.63. The molecule has 0 saturated carbocycles. The second-order valence-electron chi connectivity index (χ2n) is 9.64. The number of benzene rings is 4. The fourth-order valence-electron chi connectivity index (χ4n) is 3.82. The molecule has 0 aliphatic carbocycles. The van der Waals surface area contributed by atoms with Gasteiger partial charge in [0.25, 0.3) is 0 Å². The molecule has 3 atom stereocenters. The van der Waals surface area contributed by atoms with E-state index in [0.717, 1.165) is 40.0 Å². The second-order valence-corrected chi connectivity index (χ2v) is 12.2. The molecule has 0 saturated heterocycles. The minimum absolute atomic E-state index is 0.248. The Balaban J connectivity index is 1.04. The molecule has 0 aliphatic heterocycles.